The molecule has 3 aromatic rings. The zero-order valence-corrected chi connectivity index (χ0v) is 16.2. The minimum atomic E-state index is -0.445. The predicted molar refractivity (Wildman–Crippen MR) is 101 cm³/mol. The lowest BCUT2D eigenvalue weighted by molar-refractivity contribution is 0.0382. The van der Waals surface area contributed by atoms with Crippen LogP contribution in [0.15, 0.2) is 30.6 Å². The highest BCUT2D eigenvalue weighted by Crippen LogP contribution is 2.25. The molecule has 3 heterocycles. The molecule has 0 spiro atoms. The van der Waals surface area contributed by atoms with Crippen molar-refractivity contribution >= 4 is 28.3 Å². The number of esters is 1. The minimum absolute atomic E-state index is 0.225. The van der Waals surface area contributed by atoms with Crippen molar-refractivity contribution in [3.05, 3.63) is 52.4 Å². The second-order valence-corrected chi connectivity index (χ2v) is 7.08. The maximum absolute atomic E-state index is 12.6. The molecule has 140 valence electrons. The fourth-order valence-corrected chi connectivity index (χ4v) is 3.26. The van der Waals surface area contributed by atoms with Crippen LogP contribution in [0.25, 0.3) is 5.82 Å². The number of thiazole rings is 1. The van der Waals surface area contributed by atoms with Crippen LogP contribution in [-0.2, 0) is 4.74 Å². The van der Waals surface area contributed by atoms with E-state index in [9.17, 15) is 9.59 Å². The van der Waals surface area contributed by atoms with Gasteiger partial charge in [-0.1, -0.05) is 17.4 Å². The number of carbonyl (C=O) groups is 2. The van der Waals surface area contributed by atoms with Crippen LogP contribution >= 0.6 is 11.3 Å². The number of hydrogen-bond acceptors (Lipinski definition) is 7. The lowest BCUT2D eigenvalue weighted by atomic mass is 10.2. The molecule has 0 radical (unpaired) electrons. The number of nitrogens with zero attached hydrogens (tertiary/aromatic N) is 4. The first kappa shape index (κ1) is 18.7. The van der Waals surface area contributed by atoms with E-state index in [0.717, 1.165) is 11.3 Å². The molecule has 9 heteroatoms. The Bertz CT molecular complexity index is 978. The largest absolute Gasteiger partial charge is 0.459 e. The van der Waals surface area contributed by atoms with Crippen molar-refractivity contribution in [3.8, 4) is 5.82 Å². The van der Waals surface area contributed by atoms with Gasteiger partial charge in [0.25, 0.3) is 5.91 Å². The second-order valence-electron chi connectivity index (χ2n) is 6.09. The Hall–Kier alpha value is -3.07. The number of aryl methyl sites for hydroxylation is 1. The summed E-state index contributed by atoms with van der Waals surface area (Å²) < 4.78 is 6.78. The van der Waals surface area contributed by atoms with E-state index in [4.69, 9.17) is 4.74 Å². The van der Waals surface area contributed by atoms with Crippen LogP contribution < -0.4 is 5.32 Å². The van der Waals surface area contributed by atoms with Crippen molar-refractivity contribution in [2.45, 2.75) is 33.8 Å². The van der Waals surface area contributed by atoms with E-state index in [0.29, 0.717) is 32.8 Å². The summed E-state index contributed by atoms with van der Waals surface area (Å²) in [5, 5.41) is 7.29. The molecule has 3 aromatic heterocycles. The molecule has 1 N–H and O–H groups in total. The number of carbonyl (C=O) groups excluding carboxylic acids is 2. The second kappa shape index (κ2) is 7.67. The summed E-state index contributed by atoms with van der Waals surface area (Å²) in [4.78, 5) is 33.5. The van der Waals surface area contributed by atoms with Crippen LogP contribution in [0.1, 0.15) is 45.3 Å². The van der Waals surface area contributed by atoms with E-state index in [2.05, 4.69) is 20.4 Å². The van der Waals surface area contributed by atoms with Crippen LogP contribution in [0.3, 0.4) is 0 Å². The van der Waals surface area contributed by atoms with Crippen LogP contribution in [0.4, 0.5) is 5.13 Å². The molecule has 8 nitrogen and oxygen atoms in total. The number of rotatable bonds is 5. The summed E-state index contributed by atoms with van der Waals surface area (Å²) in [6.07, 6.45) is 2.91. The van der Waals surface area contributed by atoms with Gasteiger partial charge in [0, 0.05) is 6.20 Å². The van der Waals surface area contributed by atoms with E-state index in [1.165, 1.54) is 6.20 Å². The SMILES string of the molecule is Cc1nc(NC(=O)c2cnn(-c3ccccn3)c2C)sc1C(=O)OC(C)C. The summed E-state index contributed by atoms with van der Waals surface area (Å²) in [5.41, 5.74) is 1.57. The molecule has 27 heavy (non-hydrogen) atoms. The molecule has 0 saturated carbocycles. The van der Waals surface area contributed by atoms with Gasteiger partial charge in [-0.25, -0.2) is 19.4 Å². The fourth-order valence-electron chi connectivity index (χ4n) is 2.41. The van der Waals surface area contributed by atoms with E-state index in [1.54, 1.807) is 44.6 Å². The van der Waals surface area contributed by atoms with Gasteiger partial charge in [-0.05, 0) is 39.8 Å². The molecular formula is C18H19N5O3S. The molecule has 0 aliphatic rings. The zero-order chi connectivity index (χ0) is 19.6. The van der Waals surface area contributed by atoms with Gasteiger partial charge in [0.2, 0.25) is 0 Å². The molecule has 0 aliphatic carbocycles. The zero-order valence-electron chi connectivity index (χ0n) is 15.4. The van der Waals surface area contributed by atoms with Crippen LogP contribution in [0, 0.1) is 13.8 Å². The first-order valence-electron chi connectivity index (χ1n) is 8.32. The van der Waals surface area contributed by atoms with E-state index in [1.807, 2.05) is 12.1 Å². The number of pyridine rings is 1. The third-order valence-corrected chi connectivity index (χ3v) is 4.72. The molecule has 3 rings (SSSR count). The number of aromatic nitrogens is 4. The molecule has 1 amide bonds. The van der Waals surface area contributed by atoms with Crippen molar-refractivity contribution in [2.24, 2.45) is 0 Å². The maximum atomic E-state index is 12.6. The van der Waals surface area contributed by atoms with Gasteiger partial charge in [-0.2, -0.15) is 5.10 Å². The number of nitrogens with one attached hydrogen (secondary N) is 1. The lowest BCUT2D eigenvalue weighted by Crippen LogP contribution is -2.13. The molecule has 0 atom stereocenters. The topological polar surface area (TPSA) is 99.0 Å². The summed E-state index contributed by atoms with van der Waals surface area (Å²) >= 11 is 1.08. The van der Waals surface area contributed by atoms with E-state index >= 15 is 0 Å². The van der Waals surface area contributed by atoms with Crippen molar-refractivity contribution in [1.82, 2.24) is 19.7 Å². The Morgan fingerprint density at radius 2 is 2.04 bits per heavy atom. The summed E-state index contributed by atoms with van der Waals surface area (Å²) in [6.45, 7) is 7.04. The van der Waals surface area contributed by atoms with Gasteiger partial charge in [-0.3, -0.25) is 10.1 Å². The fraction of sp³-hybridized carbons (Fsp3) is 0.278. The van der Waals surface area contributed by atoms with Crippen LogP contribution in [0.2, 0.25) is 0 Å². The van der Waals surface area contributed by atoms with E-state index < -0.39 is 5.97 Å². The average molecular weight is 385 g/mol. The van der Waals surface area contributed by atoms with Crippen molar-refractivity contribution in [3.63, 3.8) is 0 Å². The summed E-state index contributed by atoms with van der Waals surface area (Å²) in [6, 6.07) is 5.46. The van der Waals surface area contributed by atoms with Crippen molar-refractivity contribution in [2.75, 3.05) is 5.32 Å². The Morgan fingerprint density at radius 1 is 1.26 bits per heavy atom. The summed E-state index contributed by atoms with van der Waals surface area (Å²) in [5.74, 6) is -0.176. The number of amides is 1. The Kier molecular flexibility index (Phi) is 5.31. The third-order valence-electron chi connectivity index (χ3n) is 3.67. The standard InChI is InChI=1S/C18H19N5O3S/c1-10(2)26-17(25)15-11(3)21-18(27-15)22-16(24)13-9-20-23(12(13)4)14-7-5-6-8-19-14/h5-10H,1-4H3,(H,21,22,24). The highest BCUT2D eigenvalue weighted by Gasteiger charge is 2.21. The van der Waals surface area contributed by atoms with Gasteiger partial charge in [0.05, 0.1) is 29.3 Å². The number of hydrogen-bond donors (Lipinski definition) is 1. The molecule has 0 unspecified atom stereocenters. The molecule has 0 saturated heterocycles. The number of anilines is 1. The quantitative estimate of drug-likeness (QED) is 0.677. The number of ether oxygens (including phenoxy) is 1. The normalized spacial score (nSPS) is 10.9. The van der Waals surface area contributed by atoms with Gasteiger partial charge in [-0.15, -0.1) is 0 Å². The van der Waals surface area contributed by atoms with Crippen molar-refractivity contribution < 1.29 is 14.3 Å². The van der Waals surface area contributed by atoms with Gasteiger partial charge < -0.3 is 4.74 Å². The third kappa shape index (κ3) is 4.03. The van der Waals surface area contributed by atoms with Crippen LogP contribution in [-0.4, -0.2) is 37.7 Å². The minimum Gasteiger partial charge on any atom is -0.459 e. The Balaban J connectivity index is 1.79. The smallest absolute Gasteiger partial charge is 0.350 e. The molecular weight excluding hydrogens is 366 g/mol. The monoisotopic (exact) mass is 385 g/mol. The summed E-state index contributed by atoms with van der Waals surface area (Å²) in [7, 11) is 0. The highest BCUT2D eigenvalue weighted by atomic mass is 32.1. The molecule has 0 fully saturated rings. The Labute approximate surface area is 160 Å². The molecule has 0 aromatic carbocycles. The van der Waals surface area contributed by atoms with Gasteiger partial charge in [0.1, 0.15) is 4.88 Å². The van der Waals surface area contributed by atoms with Gasteiger partial charge in [0.15, 0.2) is 10.9 Å². The van der Waals surface area contributed by atoms with E-state index in [-0.39, 0.29) is 12.0 Å². The Morgan fingerprint density at radius 3 is 2.70 bits per heavy atom. The lowest BCUT2D eigenvalue weighted by Gasteiger charge is -2.05. The first-order chi connectivity index (χ1) is 12.9. The predicted octanol–water partition coefficient (Wildman–Crippen LogP) is 3.16. The first-order valence-corrected chi connectivity index (χ1v) is 9.14. The maximum Gasteiger partial charge on any atom is 0.350 e. The molecule has 0 bridgehead atoms. The highest BCUT2D eigenvalue weighted by molar-refractivity contribution is 7.17. The van der Waals surface area contributed by atoms with Crippen molar-refractivity contribution in [1.29, 1.82) is 0 Å². The molecule has 0 aliphatic heterocycles. The van der Waals surface area contributed by atoms with Gasteiger partial charge >= 0.3 is 5.97 Å². The average Bonchev–Trinajstić information content (AvgIpc) is 3.17. The van der Waals surface area contributed by atoms with Crippen LogP contribution in [0.5, 0.6) is 0 Å².